The van der Waals surface area contributed by atoms with E-state index in [-0.39, 0.29) is 5.60 Å². The molecular formula is C14H26N2O. The van der Waals surface area contributed by atoms with Crippen LogP contribution in [-0.4, -0.2) is 42.3 Å². The first kappa shape index (κ1) is 11.9. The summed E-state index contributed by atoms with van der Waals surface area (Å²) in [4.78, 5) is 2.64. The lowest BCUT2D eigenvalue weighted by Crippen LogP contribution is -2.47. The fourth-order valence-electron chi connectivity index (χ4n) is 4.01. The van der Waals surface area contributed by atoms with Gasteiger partial charge in [-0.25, -0.2) is 0 Å². The summed E-state index contributed by atoms with van der Waals surface area (Å²) in [6, 6.07) is 1.12. The van der Waals surface area contributed by atoms with E-state index < -0.39 is 0 Å². The molecule has 0 bridgehead atoms. The Balaban J connectivity index is 1.64. The fraction of sp³-hybridized carbons (Fsp3) is 1.00. The molecule has 3 atom stereocenters. The minimum Gasteiger partial charge on any atom is -0.375 e. The molecule has 17 heavy (non-hydrogen) atoms. The molecule has 3 nitrogen and oxygen atoms in total. The molecule has 1 aliphatic carbocycles. The Morgan fingerprint density at radius 3 is 2.65 bits per heavy atom. The topological polar surface area (TPSA) is 38.5 Å². The maximum atomic E-state index is 6.15. The summed E-state index contributed by atoms with van der Waals surface area (Å²) in [6.45, 7) is 5.55. The van der Waals surface area contributed by atoms with Gasteiger partial charge in [-0.1, -0.05) is 19.8 Å². The Kier molecular flexibility index (Phi) is 3.18. The second-order valence-corrected chi connectivity index (χ2v) is 6.48. The number of hydrogen-bond donors (Lipinski definition) is 1. The van der Waals surface area contributed by atoms with Crippen LogP contribution in [0.1, 0.15) is 45.4 Å². The van der Waals surface area contributed by atoms with Crippen molar-refractivity contribution in [2.45, 2.75) is 63.1 Å². The van der Waals surface area contributed by atoms with Gasteiger partial charge in [0.15, 0.2) is 0 Å². The van der Waals surface area contributed by atoms with Crippen LogP contribution in [0.5, 0.6) is 0 Å². The Labute approximate surface area is 105 Å². The summed E-state index contributed by atoms with van der Waals surface area (Å²) in [5, 5.41) is 0. The zero-order valence-electron chi connectivity index (χ0n) is 11.0. The van der Waals surface area contributed by atoms with Crippen molar-refractivity contribution in [3.63, 3.8) is 0 Å². The molecule has 0 aromatic rings. The van der Waals surface area contributed by atoms with E-state index in [1.807, 2.05) is 0 Å². The SMILES string of the molecule is CC1CN(C2CCOC3(CCCC3)C2)CC1N. The molecule has 2 aliphatic heterocycles. The molecule has 3 fully saturated rings. The van der Waals surface area contributed by atoms with Gasteiger partial charge in [0.2, 0.25) is 0 Å². The normalized spacial score (nSPS) is 42.4. The smallest absolute Gasteiger partial charge is 0.0697 e. The number of nitrogens with two attached hydrogens (primary N) is 1. The summed E-state index contributed by atoms with van der Waals surface area (Å²) in [5.74, 6) is 0.664. The first-order valence-electron chi connectivity index (χ1n) is 7.32. The van der Waals surface area contributed by atoms with Crippen molar-refractivity contribution in [3.8, 4) is 0 Å². The van der Waals surface area contributed by atoms with Gasteiger partial charge in [-0.15, -0.1) is 0 Å². The van der Waals surface area contributed by atoms with Crippen molar-refractivity contribution in [2.24, 2.45) is 11.7 Å². The molecular weight excluding hydrogens is 212 g/mol. The Morgan fingerprint density at radius 1 is 1.24 bits per heavy atom. The number of hydrogen-bond acceptors (Lipinski definition) is 3. The van der Waals surface area contributed by atoms with Crippen molar-refractivity contribution in [2.75, 3.05) is 19.7 Å². The van der Waals surface area contributed by atoms with E-state index in [1.165, 1.54) is 45.1 Å². The Bertz CT molecular complexity index is 265. The third-order valence-electron chi connectivity index (χ3n) is 5.20. The van der Waals surface area contributed by atoms with Gasteiger partial charge < -0.3 is 10.5 Å². The molecule has 0 radical (unpaired) electrons. The van der Waals surface area contributed by atoms with Gasteiger partial charge in [-0.3, -0.25) is 4.90 Å². The van der Waals surface area contributed by atoms with Crippen LogP contribution in [0.4, 0.5) is 0 Å². The van der Waals surface area contributed by atoms with Crippen LogP contribution in [0.25, 0.3) is 0 Å². The van der Waals surface area contributed by atoms with Crippen LogP contribution in [0, 0.1) is 5.92 Å². The molecule has 2 saturated heterocycles. The average Bonchev–Trinajstić information content (AvgIpc) is 2.88. The molecule has 0 amide bonds. The summed E-state index contributed by atoms with van der Waals surface area (Å²) in [5.41, 5.74) is 6.40. The number of rotatable bonds is 1. The van der Waals surface area contributed by atoms with E-state index in [0.717, 1.165) is 19.2 Å². The third-order valence-corrected chi connectivity index (χ3v) is 5.20. The van der Waals surface area contributed by atoms with Gasteiger partial charge in [-0.05, 0) is 31.6 Å². The van der Waals surface area contributed by atoms with E-state index in [4.69, 9.17) is 10.5 Å². The molecule has 1 saturated carbocycles. The van der Waals surface area contributed by atoms with Crippen LogP contribution in [0.15, 0.2) is 0 Å². The lowest BCUT2D eigenvalue weighted by atomic mass is 9.88. The molecule has 3 rings (SSSR count). The number of ether oxygens (including phenoxy) is 1. The Morgan fingerprint density at radius 2 is 2.00 bits per heavy atom. The summed E-state index contributed by atoms with van der Waals surface area (Å²) >= 11 is 0. The highest BCUT2D eigenvalue weighted by Crippen LogP contribution is 2.41. The number of likely N-dealkylation sites (tertiary alicyclic amines) is 1. The summed E-state index contributed by atoms with van der Waals surface area (Å²) < 4.78 is 6.11. The predicted molar refractivity (Wildman–Crippen MR) is 68.9 cm³/mol. The molecule has 2 N–H and O–H groups in total. The summed E-state index contributed by atoms with van der Waals surface area (Å²) in [6.07, 6.45) is 7.77. The number of nitrogens with zero attached hydrogens (tertiary/aromatic N) is 1. The quantitative estimate of drug-likeness (QED) is 0.756. The average molecular weight is 238 g/mol. The van der Waals surface area contributed by atoms with Gasteiger partial charge in [0, 0.05) is 31.8 Å². The largest absolute Gasteiger partial charge is 0.375 e. The lowest BCUT2D eigenvalue weighted by Gasteiger charge is -2.42. The van der Waals surface area contributed by atoms with Crippen molar-refractivity contribution < 1.29 is 4.74 Å². The second-order valence-electron chi connectivity index (χ2n) is 6.48. The van der Waals surface area contributed by atoms with Crippen molar-refractivity contribution in [1.29, 1.82) is 0 Å². The van der Waals surface area contributed by atoms with Gasteiger partial charge in [0.05, 0.1) is 5.60 Å². The summed E-state index contributed by atoms with van der Waals surface area (Å²) in [7, 11) is 0. The minimum atomic E-state index is 0.249. The molecule has 1 spiro atoms. The van der Waals surface area contributed by atoms with Gasteiger partial charge >= 0.3 is 0 Å². The maximum absolute atomic E-state index is 6.15. The molecule has 98 valence electrons. The standard InChI is InChI=1S/C14H26N2O/c1-11-9-16(10-13(11)15)12-4-7-17-14(8-12)5-2-3-6-14/h11-13H,2-10,15H2,1H3. The minimum absolute atomic E-state index is 0.249. The van der Waals surface area contributed by atoms with E-state index in [0.29, 0.717) is 12.0 Å². The van der Waals surface area contributed by atoms with Crippen LogP contribution < -0.4 is 5.73 Å². The second kappa shape index (κ2) is 4.52. The fourth-order valence-corrected chi connectivity index (χ4v) is 4.01. The molecule has 3 unspecified atom stereocenters. The highest BCUT2D eigenvalue weighted by atomic mass is 16.5. The highest BCUT2D eigenvalue weighted by molar-refractivity contribution is 4.97. The van der Waals surface area contributed by atoms with Crippen LogP contribution in [0.3, 0.4) is 0 Å². The van der Waals surface area contributed by atoms with Crippen LogP contribution >= 0.6 is 0 Å². The van der Waals surface area contributed by atoms with Gasteiger partial charge in [0.1, 0.15) is 0 Å². The van der Waals surface area contributed by atoms with Gasteiger partial charge in [0.25, 0.3) is 0 Å². The van der Waals surface area contributed by atoms with Crippen molar-refractivity contribution in [1.82, 2.24) is 4.90 Å². The van der Waals surface area contributed by atoms with Crippen LogP contribution in [0.2, 0.25) is 0 Å². The van der Waals surface area contributed by atoms with E-state index in [1.54, 1.807) is 0 Å². The van der Waals surface area contributed by atoms with Crippen LogP contribution in [-0.2, 0) is 4.74 Å². The molecule has 3 heteroatoms. The highest BCUT2D eigenvalue weighted by Gasteiger charge is 2.43. The zero-order chi connectivity index (χ0) is 11.9. The first-order valence-corrected chi connectivity index (χ1v) is 7.32. The van der Waals surface area contributed by atoms with E-state index in [9.17, 15) is 0 Å². The predicted octanol–water partition coefficient (Wildman–Crippen LogP) is 1.76. The van der Waals surface area contributed by atoms with Crippen molar-refractivity contribution >= 4 is 0 Å². The third kappa shape index (κ3) is 2.25. The molecule has 0 aromatic heterocycles. The monoisotopic (exact) mass is 238 g/mol. The molecule has 3 aliphatic rings. The van der Waals surface area contributed by atoms with E-state index in [2.05, 4.69) is 11.8 Å². The lowest BCUT2D eigenvalue weighted by molar-refractivity contribution is -0.0994. The van der Waals surface area contributed by atoms with E-state index >= 15 is 0 Å². The first-order chi connectivity index (χ1) is 8.19. The molecule has 2 heterocycles. The van der Waals surface area contributed by atoms with Gasteiger partial charge in [-0.2, -0.15) is 0 Å². The zero-order valence-corrected chi connectivity index (χ0v) is 11.0. The van der Waals surface area contributed by atoms with Crippen molar-refractivity contribution in [3.05, 3.63) is 0 Å². The maximum Gasteiger partial charge on any atom is 0.0697 e. The Hall–Kier alpha value is -0.120. The molecule has 0 aromatic carbocycles.